The highest BCUT2D eigenvalue weighted by molar-refractivity contribution is 5.97. The van der Waals surface area contributed by atoms with Gasteiger partial charge in [0, 0.05) is 20.1 Å². The Labute approximate surface area is 103 Å². The Balaban J connectivity index is 2.57. The molecule has 0 aliphatic heterocycles. The Hall–Kier alpha value is -2.25. The molecular weight excluding hydrogens is 236 g/mol. The predicted octanol–water partition coefficient (Wildman–Crippen LogP) is -0.695. The third-order valence-electron chi connectivity index (χ3n) is 2.75. The molecule has 0 bridgehead atoms. The summed E-state index contributed by atoms with van der Waals surface area (Å²) >= 11 is 0. The minimum absolute atomic E-state index is 0.156. The zero-order valence-corrected chi connectivity index (χ0v) is 10.5. The minimum atomic E-state index is -0.383. The van der Waals surface area contributed by atoms with E-state index in [0.29, 0.717) is 13.1 Å². The molecule has 0 unspecified atom stereocenters. The molecule has 0 aromatic carbocycles. The molecule has 0 saturated heterocycles. The molecule has 2 heterocycles. The van der Waals surface area contributed by atoms with E-state index in [0.717, 1.165) is 4.68 Å². The topological polar surface area (TPSA) is 85.4 Å². The highest BCUT2D eigenvalue weighted by Crippen LogP contribution is 2.06. The number of imidazole rings is 1. The summed E-state index contributed by atoms with van der Waals surface area (Å²) in [5.41, 5.74) is -0.0370. The Kier molecular flexibility index (Phi) is 3.09. The van der Waals surface area contributed by atoms with Crippen molar-refractivity contribution in [2.75, 3.05) is 13.1 Å². The lowest BCUT2D eigenvalue weighted by Gasteiger charge is -2.16. The van der Waals surface area contributed by atoms with Crippen molar-refractivity contribution in [2.24, 2.45) is 7.05 Å². The van der Waals surface area contributed by atoms with E-state index in [9.17, 15) is 9.59 Å². The van der Waals surface area contributed by atoms with Gasteiger partial charge in [-0.1, -0.05) is 5.21 Å². The van der Waals surface area contributed by atoms with Crippen molar-refractivity contribution in [1.82, 2.24) is 29.3 Å². The van der Waals surface area contributed by atoms with E-state index in [2.05, 4.69) is 15.3 Å². The molecule has 0 aliphatic rings. The quantitative estimate of drug-likeness (QED) is 0.719. The second-order valence-corrected chi connectivity index (χ2v) is 3.76. The third kappa shape index (κ3) is 1.75. The van der Waals surface area contributed by atoms with E-state index in [1.54, 1.807) is 4.90 Å². The molecule has 0 atom stereocenters. The van der Waals surface area contributed by atoms with E-state index < -0.39 is 0 Å². The van der Waals surface area contributed by atoms with Crippen LogP contribution in [-0.4, -0.2) is 48.3 Å². The Morgan fingerprint density at radius 2 is 2.06 bits per heavy atom. The first-order valence-corrected chi connectivity index (χ1v) is 5.66. The van der Waals surface area contributed by atoms with Crippen LogP contribution in [0.3, 0.4) is 0 Å². The highest BCUT2D eigenvalue weighted by Gasteiger charge is 2.20. The minimum Gasteiger partial charge on any atom is -0.338 e. The van der Waals surface area contributed by atoms with Gasteiger partial charge in [-0.2, -0.15) is 4.68 Å². The average Bonchev–Trinajstić information content (AvgIpc) is 2.79. The van der Waals surface area contributed by atoms with Gasteiger partial charge in [0.1, 0.15) is 6.33 Å². The van der Waals surface area contributed by atoms with Gasteiger partial charge in [0.05, 0.1) is 0 Å². The average molecular weight is 250 g/mol. The standard InChI is InChI=1S/C10H14N6O2/c1-4-15(5-2)9(17)7-8-12-13-14(3)10(18)16(8)6-11-7/h6H,4-5H2,1-3H3. The second-order valence-electron chi connectivity index (χ2n) is 3.76. The van der Waals surface area contributed by atoms with E-state index in [1.807, 2.05) is 13.8 Å². The molecule has 8 nitrogen and oxygen atoms in total. The normalized spacial score (nSPS) is 10.8. The molecule has 0 radical (unpaired) electrons. The van der Waals surface area contributed by atoms with E-state index >= 15 is 0 Å². The Morgan fingerprint density at radius 3 is 2.67 bits per heavy atom. The van der Waals surface area contributed by atoms with Gasteiger partial charge in [0.25, 0.3) is 5.91 Å². The number of nitrogens with zero attached hydrogens (tertiary/aromatic N) is 6. The highest BCUT2D eigenvalue weighted by atomic mass is 16.2. The van der Waals surface area contributed by atoms with Crippen LogP contribution in [0.4, 0.5) is 0 Å². The fourth-order valence-corrected chi connectivity index (χ4v) is 1.69. The van der Waals surface area contributed by atoms with Crippen LogP contribution in [0.15, 0.2) is 11.1 Å². The van der Waals surface area contributed by atoms with Gasteiger partial charge in [0.15, 0.2) is 11.3 Å². The molecule has 1 amide bonds. The van der Waals surface area contributed by atoms with Gasteiger partial charge in [-0.05, 0) is 13.8 Å². The van der Waals surface area contributed by atoms with Crippen LogP contribution in [-0.2, 0) is 7.05 Å². The SMILES string of the molecule is CCN(CC)C(=O)c1ncn2c(=O)n(C)nnc12. The van der Waals surface area contributed by atoms with Crippen LogP contribution in [0.5, 0.6) is 0 Å². The number of hydrogen-bond donors (Lipinski definition) is 0. The number of aromatic nitrogens is 5. The first-order chi connectivity index (χ1) is 8.60. The first-order valence-electron chi connectivity index (χ1n) is 5.66. The summed E-state index contributed by atoms with van der Waals surface area (Å²) in [5.74, 6) is -0.245. The summed E-state index contributed by atoms with van der Waals surface area (Å²) in [5, 5.41) is 7.50. The van der Waals surface area contributed by atoms with E-state index in [4.69, 9.17) is 0 Å². The molecule has 0 aliphatic carbocycles. The van der Waals surface area contributed by atoms with Crippen molar-refractivity contribution in [3.05, 3.63) is 22.5 Å². The number of aryl methyl sites for hydroxylation is 1. The van der Waals surface area contributed by atoms with Crippen LogP contribution >= 0.6 is 0 Å². The fraction of sp³-hybridized carbons (Fsp3) is 0.500. The van der Waals surface area contributed by atoms with Crippen LogP contribution in [0, 0.1) is 0 Å². The lowest BCUT2D eigenvalue weighted by Crippen LogP contribution is -2.32. The lowest BCUT2D eigenvalue weighted by molar-refractivity contribution is 0.0769. The van der Waals surface area contributed by atoms with Crippen molar-refractivity contribution in [2.45, 2.75) is 13.8 Å². The van der Waals surface area contributed by atoms with Crippen molar-refractivity contribution in [1.29, 1.82) is 0 Å². The van der Waals surface area contributed by atoms with Crippen molar-refractivity contribution in [3.8, 4) is 0 Å². The number of fused-ring (bicyclic) bond motifs is 1. The summed E-state index contributed by atoms with van der Waals surface area (Å²) in [6, 6.07) is 0. The largest absolute Gasteiger partial charge is 0.352 e. The van der Waals surface area contributed by atoms with Gasteiger partial charge in [0.2, 0.25) is 0 Å². The molecule has 2 rings (SSSR count). The summed E-state index contributed by atoms with van der Waals surface area (Å²) < 4.78 is 2.30. The number of carbonyl (C=O) groups excluding carboxylic acids is 1. The summed E-state index contributed by atoms with van der Waals surface area (Å²) in [6.45, 7) is 4.91. The summed E-state index contributed by atoms with van der Waals surface area (Å²) in [7, 11) is 1.49. The van der Waals surface area contributed by atoms with Crippen molar-refractivity contribution in [3.63, 3.8) is 0 Å². The molecule has 8 heteroatoms. The molecule has 18 heavy (non-hydrogen) atoms. The zero-order valence-electron chi connectivity index (χ0n) is 10.5. The van der Waals surface area contributed by atoms with Gasteiger partial charge in [-0.3, -0.25) is 4.79 Å². The third-order valence-corrected chi connectivity index (χ3v) is 2.75. The zero-order chi connectivity index (χ0) is 13.3. The second kappa shape index (κ2) is 4.55. The Bertz CT molecular complexity index is 639. The van der Waals surface area contributed by atoms with Gasteiger partial charge < -0.3 is 4.90 Å². The number of hydrogen-bond acceptors (Lipinski definition) is 5. The monoisotopic (exact) mass is 250 g/mol. The maximum Gasteiger partial charge on any atom is 0.352 e. The van der Waals surface area contributed by atoms with Crippen LogP contribution in [0.1, 0.15) is 24.3 Å². The van der Waals surface area contributed by atoms with Crippen molar-refractivity contribution >= 4 is 11.6 Å². The maximum atomic E-state index is 12.2. The molecule has 0 spiro atoms. The smallest absolute Gasteiger partial charge is 0.338 e. The number of rotatable bonds is 3. The molecule has 96 valence electrons. The lowest BCUT2D eigenvalue weighted by atomic mass is 10.3. The molecular formula is C10H14N6O2. The summed E-state index contributed by atoms with van der Waals surface area (Å²) in [4.78, 5) is 29.5. The number of amides is 1. The van der Waals surface area contributed by atoms with Gasteiger partial charge >= 0.3 is 5.69 Å². The van der Waals surface area contributed by atoms with E-state index in [-0.39, 0.29) is 22.9 Å². The molecule has 2 aromatic heterocycles. The number of carbonyl (C=O) groups is 1. The van der Waals surface area contributed by atoms with E-state index in [1.165, 1.54) is 17.8 Å². The maximum absolute atomic E-state index is 12.2. The molecule has 0 N–H and O–H groups in total. The first kappa shape index (κ1) is 12.2. The van der Waals surface area contributed by atoms with Gasteiger partial charge in [-0.25, -0.2) is 14.2 Å². The van der Waals surface area contributed by atoms with Crippen LogP contribution in [0.25, 0.3) is 5.65 Å². The summed E-state index contributed by atoms with van der Waals surface area (Å²) in [6.07, 6.45) is 1.29. The van der Waals surface area contributed by atoms with Crippen LogP contribution in [0.2, 0.25) is 0 Å². The molecule has 2 aromatic rings. The fourth-order valence-electron chi connectivity index (χ4n) is 1.69. The predicted molar refractivity (Wildman–Crippen MR) is 63.3 cm³/mol. The molecule has 0 saturated carbocycles. The van der Waals surface area contributed by atoms with Crippen molar-refractivity contribution < 1.29 is 4.79 Å². The molecule has 0 fully saturated rings. The Morgan fingerprint density at radius 1 is 1.39 bits per heavy atom. The van der Waals surface area contributed by atoms with Gasteiger partial charge in [-0.15, -0.1) is 5.10 Å². The van der Waals surface area contributed by atoms with Crippen LogP contribution < -0.4 is 5.69 Å².